The molecule has 2 aromatic rings. The third-order valence-corrected chi connectivity index (χ3v) is 4.26. The van der Waals surface area contributed by atoms with Crippen molar-refractivity contribution in [1.29, 1.82) is 5.41 Å². The molecule has 0 aliphatic rings. The molecule has 4 N–H and O–H groups in total. The fourth-order valence-corrected chi connectivity index (χ4v) is 2.79. The first-order valence-corrected chi connectivity index (χ1v) is 8.86. The van der Waals surface area contributed by atoms with Crippen molar-refractivity contribution in [3.8, 4) is 11.5 Å². The highest BCUT2D eigenvalue weighted by Crippen LogP contribution is 2.30. The first-order valence-electron chi connectivity index (χ1n) is 6.60. The number of carbonyl (C=O) groups is 1. The van der Waals surface area contributed by atoms with E-state index in [2.05, 4.69) is 5.32 Å². The highest BCUT2D eigenvalue weighted by molar-refractivity contribution is 7.90. The topological polar surface area (TPSA) is 122 Å². The van der Waals surface area contributed by atoms with E-state index in [0.29, 0.717) is 10.8 Å². The Morgan fingerprint density at radius 1 is 1.21 bits per heavy atom. The number of ether oxygens (including phenoxy) is 1. The van der Waals surface area contributed by atoms with Gasteiger partial charge >= 0.3 is 0 Å². The minimum atomic E-state index is -3.66. The lowest BCUT2D eigenvalue weighted by molar-refractivity contribution is 0.0976. The van der Waals surface area contributed by atoms with E-state index in [0.717, 1.165) is 6.26 Å². The summed E-state index contributed by atoms with van der Waals surface area (Å²) in [6, 6.07) is 10.3. The van der Waals surface area contributed by atoms with Crippen LogP contribution < -0.4 is 15.8 Å². The van der Waals surface area contributed by atoms with Crippen LogP contribution in [0.25, 0.3) is 0 Å². The maximum Gasteiger partial charge on any atom is 0.257 e. The van der Waals surface area contributed by atoms with Crippen LogP contribution in [-0.4, -0.2) is 26.5 Å². The molecule has 0 aromatic heterocycles. The standard InChI is InChI=1S/C15H14ClN3O4S/c1-24(21,22)13-8-9(14(20)19-15(17)18)2-7-12(13)23-11-5-3-10(16)4-6-11/h2-8H,1H3,(H4,17,18,19,20). The number of carbonyl (C=O) groups excluding carboxylic acids is 1. The van der Waals surface area contributed by atoms with Gasteiger partial charge < -0.3 is 10.5 Å². The normalized spacial score (nSPS) is 10.9. The Morgan fingerprint density at radius 3 is 2.38 bits per heavy atom. The largest absolute Gasteiger partial charge is 0.456 e. The zero-order valence-corrected chi connectivity index (χ0v) is 14.1. The van der Waals surface area contributed by atoms with Crippen LogP contribution in [0.4, 0.5) is 0 Å². The second-order valence-electron chi connectivity index (χ2n) is 4.86. The molecule has 0 heterocycles. The molecular formula is C15H14ClN3O4S. The van der Waals surface area contributed by atoms with Gasteiger partial charge in [0.1, 0.15) is 16.4 Å². The number of halogens is 1. The van der Waals surface area contributed by atoms with Crippen LogP contribution in [0.3, 0.4) is 0 Å². The van der Waals surface area contributed by atoms with Crippen molar-refractivity contribution in [3.05, 3.63) is 53.1 Å². The van der Waals surface area contributed by atoms with Crippen molar-refractivity contribution in [2.45, 2.75) is 4.90 Å². The molecule has 0 unspecified atom stereocenters. The third kappa shape index (κ3) is 4.46. The Balaban J connectivity index is 2.43. The molecule has 0 saturated carbocycles. The fourth-order valence-electron chi connectivity index (χ4n) is 1.85. The maximum absolute atomic E-state index is 12.0. The lowest BCUT2D eigenvalue weighted by Gasteiger charge is -2.12. The summed E-state index contributed by atoms with van der Waals surface area (Å²) >= 11 is 5.79. The van der Waals surface area contributed by atoms with Gasteiger partial charge in [0.05, 0.1) is 0 Å². The Labute approximate surface area is 143 Å². The Bertz CT molecular complexity index is 895. The molecule has 0 radical (unpaired) electrons. The second-order valence-corrected chi connectivity index (χ2v) is 7.28. The van der Waals surface area contributed by atoms with Gasteiger partial charge in [0.15, 0.2) is 15.8 Å². The van der Waals surface area contributed by atoms with Gasteiger partial charge in [-0.2, -0.15) is 0 Å². The molecular weight excluding hydrogens is 354 g/mol. The van der Waals surface area contributed by atoms with Gasteiger partial charge in [0, 0.05) is 16.8 Å². The average Bonchev–Trinajstić information content (AvgIpc) is 2.48. The first kappa shape index (κ1) is 17.8. The van der Waals surface area contributed by atoms with E-state index >= 15 is 0 Å². The molecule has 0 atom stereocenters. The summed E-state index contributed by atoms with van der Waals surface area (Å²) in [6.07, 6.45) is 1.00. The molecule has 7 nitrogen and oxygen atoms in total. The van der Waals surface area contributed by atoms with Crippen LogP contribution in [0.15, 0.2) is 47.4 Å². The zero-order chi connectivity index (χ0) is 17.9. The van der Waals surface area contributed by atoms with Crippen LogP contribution in [0.5, 0.6) is 11.5 Å². The quantitative estimate of drug-likeness (QED) is 0.564. The Hall–Kier alpha value is -2.58. The van der Waals surface area contributed by atoms with Gasteiger partial charge in [-0.05, 0) is 42.5 Å². The monoisotopic (exact) mass is 367 g/mol. The molecule has 126 valence electrons. The highest BCUT2D eigenvalue weighted by Gasteiger charge is 2.19. The van der Waals surface area contributed by atoms with Crippen LogP contribution >= 0.6 is 11.6 Å². The molecule has 0 aliphatic carbocycles. The number of nitrogens with two attached hydrogens (primary N) is 1. The predicted molar refractivity (Wildman–Crippen MR) is 90.5 cm³/mol. The lowest BCUT2D eigenvalue weighted by atomic mass is 10.2. The SMILES string of the molecule is CS(=O)(=O)c1cc(C(=O)NC(=N)N)ccc1Oc1ccc(Cl)cc1. The third-order valence-electron chi connectivity index (χ3n) is 2.90. The highest BCUT2D eigenvalue weighted by atomic mass is 35.5. The number of hydrogen-bond acceptors (Lipinski definition) is 5. The maximum atomic E-state index is 12.0. The number of benzene rings is 2. The number of amides is 1. The van der Waals surface area contributed by atoms with Gasteiger partial charge in [-0.25, -0.2) is 8.42 Å². The summed E-state index contributed by atoms with van der Waals surface area (Å²) in [5.74, 6) is -0.766. The molecule has 0 aliphatic heterocycles. The van der Waals surface area contributed by atoms with E-state index in [1.165, 1.54) is 18.2 Å². The van der Waals surface area contributed by atoms with Gasteiger partial charge in [0.25, 0.3) is 5.91 Å². The van der Waals surface area contributed by atoms with Gasteiger partial charge in [-0.1, -0.05) is 11.6 Å². The van der Waals surface area contributed by atoms with Crippen molar-refractivity contribution in [1.82, 2.24) is 5.32 Å². The molecule has 2 aromatic carbocycles. The van der Waals surface area contributed by atoms with Crippen molar-refractivity contribution < 1.29 is 17.9 Å². The van der Waals surface area contributed by atoms with Crippen LogP contribution in [0, 0.1) is 5.41 Å². The number of sulfone groups is 1. The van der Waals surface area contributed by atoms with Crippen molar-refractivity contribution >= 4 is 33.3 Å². The second kappa shape index (κ2) is 6.90. The van der Waals surface area contributed by atoms with Gasteiger partial charge in [0.2, 0.25) is 0 Å². The summed E-state index contributed by atoms with van der Waals surface area (Å²) in [5.41, 5.74) is 5.13. The average molecular weight is 368 g/mol. The van der Waals surface area contributed by atoms with Gasteiger partial charge in [-0.15, -0.1) is 0 Å². The summed E-state index contributed by atoms with van der Waals surface area (Å²) < 4.78 is 29.6. The smallest absolute Gasteiger partial charge is 0.257 e. The molecule has 24 heavy (non-hydrogen) atoms. The predicted octanol–water partition coefficient (Wildman–Crippen LogP) is 2.16. The Kier molecular flexibility index (Phi) is 5.10. The van der Waals surface area contributed by atoms with Crippen LogP contribution in [0.1, 0.15) is 10.4 Å². The molecule has 9 heteroatoms. The fraction of sp³-hybridized carbons (Fsp3) is 0.0667. The van der Waals surface area contributed by atoms with E-state index in [1.807, 2.05) is 0 Å². The van der Waals surface area contributed by atoms with Crippen molar-refractivity contribution in [3.63, 3.8) is 0 Å². The zero-order valence-electron chi connectivity index (χ0n) is 12.5. The van der Waals surface area contributed by atoms with E-state index in [-0.39, 0.29) is 16.2 Å². The van der Waals surface area contributed by atoms with Crippen molar-refractivity contribution in [2.75, 3.05) is 6.26 Å². The first-order chi connectivity index (χ1) is 11.2. The molecule has 0 saturated heterocycles. The van der Waals surface area contributed by atoms with Gasteiger partial charge in [-0.3, -0.25) is 15.5 Å². The van der Waals surface area contributed by atoms with Crippen molar-refractivity contribution in [2.24, 2.45) is 5.73 Å². The van der Waals surface area contributed by atoms with Crippen LogP contribution in [-0.2, 0) is 9.84 Å². The molecule has 0 spiro atoms. The van der Waals surface area contributed by atoms with E-state index in [1.54, 1.807) is 24.3 Å². The Morgan fingerprint density at radius 2 is 1.83 bits per heavy atom. The number of nitrogens with one attached hydrogen (secondary N) is 2. The summed E-state index contributed by atoms with van der Waals surface area (Å²) in [6.45, 7) is 0. The van der Waals surface area contributed by atoms with E-state index in [9.17, 15) is 13.2 Å². The van der Waals surface area contributed by atoms with Crippen LogP contribution in [0.2, 0.25) is 5.02 Å². The molecule has 2 rings (SSSR count). The number of rotatable bonds is 4. The number of hydrogen-bond donors (Lipinski definition) is 3. The summed E-state index contributed by atoms with van der Waals surface area (Å²) in [4.78, 5) is 11.7. The minimum absolute atomic E-state index is 0.0362. The molecule has 1 amide bonds. The van der Waals surface area contributed by atoms with E-state index in [4.69, 9.17) is 27.5 Å². The molecule has 0 fully saturated rings. The number of guanidine groups is 1. The summed E-state index contributed by atoms with van der Waals surface area (Å²) in [7, 11) is -3.66. The molecule has 0 bridgehead atoms. The van der Waals surface area contributed by atoms with E-state index < -0.39 is 21.7 Å². The minimum Gasteiger partial charge on any atom is -0.456 e. The summed E-state index contributed by atoms with van der Waals surface area (Å²) in [5, 5.41) is 9.65. The lowest BCUT2D eigenvalue weighted by Crippen LogP contribution is -2.35.